The maximum atomic E-state index is 13.3. The van der Waals surface area contributed by atoms with Gasteiger partial charge in [0.05, 0.1) is 49.5 Å². The maximum Gasteiger partial charge on any atom is 0.343 e. The Morgan fingerprint density at radius 3 is 1.62 bits per heavy atom. The largest absolute Gasteiger partial charge is 0.494 e. The number of nitrogens with zero attached hydrogens (tertiary/aromatic N) is 1. The lowest BCUT2D eigenvalue weighted by atomic mass is 10.1. The Bertz CT molecular complexity index is 2260. The van der Waals surface area contributed by atoms with Crippen molar-refractivity contribution in [2.75, 3.05) is 31.9 Å². The molecule has 5 aromatic carbocycles. The molecule has 0 aliphatic rings. The maximum absolute atomic E-state index is 13.3. The summed E-state index contributed by atoms with van der Waals surface area (Å²) in [4.78, 5) is 48.8. The van der Waals surface area contributed by atoms with Crippen molar-refractivity contribution in [1.82, 2.24) is 0 Å². The number of nitrogens with one attached hydrogen (secondary N) is 1. The van der Waals surface area contributed by atoms with Crippen LogP contribution in [-0.2, 0) is 19.1 Å². The zero-order valence-corrected chi connectivity index (χ0v) is 34.1. The third kappa shape index (κ3) is 15.2. The molecule has 12 nitrogen and oxygen atoms in total. The first-order chi connectivity index (χ1) is 29.8. The van der Waals surface area contributed by atoms with E-state index in [1.807, 2.05) is 42.5 Å². The molecule has 0 atom stereocenters. The fourth-order valence-electron chi connectivity index (χ4n) is 5.94. The Labute approximate surface area is 355 Å². The zero-order chi connectivity index (χ0) is 43.1. The first-order valence-electron chi connectivity index (χ1n) is 20.2. The molecule has 0 aromatic heterocycles. The summed E-state index contributed by atoms with van der Waals surface area (Å²) >= 11 is 0. The number of esters is 4. The fourth-order valence-corrected chi connectivity index (χ4v) is 5.94. The molecule has 0 bridgehead atoms. The smallest absolute Gasteiger partial charge is 0.343 e. The number of anilines is 1. The van der Waals surface area contributed by atoms with Gasteiger partial charge in [0.2, 0.25) is 0 Å². The van der Waals surface area contributed by atoms with Gasteiger partial charge in [0.1, 0.15) is 23.0 Å². The molecule has 0 amide bonds. The van der Waals surface area contributed by atoms with Crippen LogP contribution in [0.4, 0.5) is 5.69 Å². The van der Waals surface area contributed by atoms with Gasteiger partial charge in [0.25, 0.3) is 0 Å². The van der Waals surface area contributed by atoms with E-state index in [-0.39, 0.29) is 11.5 Å². The summed E-state index contributed by atoms with van der Waals surface area (Å²) in [6.07, 6.45) is 10.7. The highest BCUT2D eigenvalue weighted by Crippen LogP contribution is 2.27. The summed E-state index contributed by atoms with van der Waals surface area (Å²) in [5.41, 5.74) is 4.87. The molecule has 0 aliphatic heterocycles. The summed E-state index contributed by atoms with van der Waals surface area (Å²) in [6.45, 7) is 8.51. The van der Waals surface area contributed by atoms with Gasteiger partial charge < -0.3 is 28.4 Å². The lowest BCUT2D eigenvalue weighted by Gasteiger charge is -2.11. The number of carbonyl (C=O) groups excluding carboxylic acids is 4. The number of hydrazone groups is 1. The van der Waals surface area contributed by atoms with Crippen LogP contribution in [0.15, 0.2) is 140 Å². The third-order valence-electron chi connectivity index (χ3n) is 9.19. The minimum Gasteiger partial charge on any atom is -0.494 e. The van der Waals surface area contributed by atoms with Crippen LogP contribution >= 0.6 is 0 Å². The van der Waals surface area contributed by atoms with Gasteiger partial charge in [-0.15, -0.1) is 0 Å². The van der Waals surface area contributed by atoms with E-state index >= 15 is 0 Å². The molecule has 0 fully saturated rings. The van der Waals surface area contributed by atoms with Crippen molar-refractivity contribution in [2.24, 2.45) is 5.10 Å². The minimum absolute atomic E-state index is 0.200. The molecule has 0 aliphatic carbocycles. The molecule has 12 heteroatoms. The Kier molecular flexibility index (Phi) is 18.1. The lowest BCUT2D eigenvalue weighted by Crippen LogP contribution is -2.11. The fraction of sp³-hybridized carbons (Fsp3) is 0.245. The average Bonchev–Trinajstić information content (AvgIpc) is 3.29. The number of rotatable bonds is 25. The van der Waals surface area contributed by atoms with Crippen LogP contribution in [-0.4, -0.2) is 56.5 Å². The number of hydrogen-bond acceptors (Lipinski definition) is 12. The monoisotopic (exact) mass is 826 g/mol. The normalized spacial score (nSPS) is 10.8. The Morgan fingerprint density at radius 1 is 0.541 bits per heavy atom. The molecule has 0 spiro atoms. The van der Waals surface area contributed by atoms with E-state index in [4.69, 9.17) is 28.4 Å². The van der Waals surface area contributed by atoms with Gasteiger partial charge in [-0.05, 0) is 130 Å². The van der Waals surface area contributed by atoms with E-state index in [1.54, 1.807) is 66.7 Å². The second-order valence-corrected chi connectivity index (χ2v) is 13.7. The predicted octanol–water partition coefficient (Wildman–Crippen LogP) is 10.1. The molecule has 5 rings (SSSR count). The first kappa shape index (κ1) is 44.9. The second kappa shape index (κ2) is 24.7. The van der Waals surface area contributed by atoms with Gasteiger partial charge in [-0.3, -0.25) is 5.43 Å². The van der Waals surface area contributed by atoms with Crippen LogP contribution in [0.3, 0.4) is 0 Å². The van der Waals surface area contributed by atoms with Crippen molar-refractivity contribution in [3.8, 4) is 23.0 Å². The molecule has 0 unspecified atom stereocenters. The summed E-state index contributed by atoms with van der Waals surface area (Å²) in [6, 6.07) is 31.7. The van der Waals surface area contributed by atoms with E-state index in [0.29, 0.717) is 54.6 Å². The Morgan fingerprint density at radius 2 is 1.05 bits per heavy atom. The highest BCUT2D eigenvalue weighted by atomic mass is 16.5. The molecule has 1 N–H and O–H groups in total. The number of hydrogen-bond donors (Lipinski definition) is 1. The third-order valence-corrected chi connectivity index (χ3v) is 9.19. The van der Waals surface area contributed by atoms with Gasteiger partial charge in [0.15, 0.2) is 0 Å². The van der Waals surface area contributed by atoms with Gasteiger partial charge in [0, 0.05) is 23.1 Å². The second-order valence-electron chi connectivity index (χ2n) is 13.7. The number of fused-ring (bicyclic) bond motifs is 1. The molecule has 5 aromatic rings. The summed E-state index contributed by atoms with van der Waals surface area (Å²) < 4.78 is 33.2. The first-order valence-corrected chi connectivity index (χ1v) is 20.2. The topological polar surface area (TPSA) is 148 Å². The Hall–Kier alpha value is -7.21. The van der Waals surface area contributed by atoms with Crippen molar-refractivity contribution >= 4 is 46.6 Å². The van der Waals surface area contributed by atoms with E-state index in [0.717, 1.165) is 80.0 Å². The van der Waals surface area contributed by atoms with Crippen LogP contribution in [0.5, 0.6) is 23.0 Å². The summed E-state index contributed by atoms with van der Waals surface area (Å²) in [5.74, 6) is -0.360. The number of benzene rings is 5. The molecule has 61 heavy (non-hydrogen) atoms. The highest BCUT2D eigenvalue weighted by Gasteiger charge is 2.15. The summed E-state index contributed by atoms with van der Waals surface area (Å²) in [7, 11) is 0. The lowest BCUT2D eigenvalue weighted by molar-refractivity contribution is -0.138. The van der Waals surface area contributed by atoms with Gasteiger partial charge >= 0.3 is 23.9 Å². The average molecular weight is 827 g/mol. The van der Waals surface area contributed by atoms with E-state index in [2.05, 4.69) is 23.7 Å². The number of unbranched alkanes of at least 4 members (excludes halogenated alkanes) is 6. The van der Waals surface area contributed by atoms with E-state index in [9.17, 15) is 19.2 Å². The minimum atomic E-state index is -0.598. The van der Waals surface area contributed by atoms with E-state index in [1.165, 1.54) is 6.21 Å². The quantitative estimate of drug-likeness (QED) is 0.0150. The van der Waals surface area contributed by atoms with Crippen molar-refractivity contribution < 1.29 is 47.6 Å². The number of carbonyl (C=O) groups is 4. The zero-order valence-electron chi connectivity index (χ0n) is 34.1. The van der Waals surface area contributed by atoms with Crippen LogP contribution in [0, 0.1) is 0 Å². The van der Waals surface area contributed by atoms with Crippen molar-refractivity contribution in [1.29, 1.82) is 0 Å². The molecule has 0 radical (unpaired) electrons. The molecule has 316 valence electrons. The van der Waals surface area contributed by atoms with Crippen molar-refractivity contribution in [2.45, 2.75) is 51.4 Å². The summed E-state index contributed by atoms with van der Waals surface area (Å²) in [5, 5.41) is 6.46. The van der Waals surface area contributed by atoms with Crippen LogP contribution in [0.25, 0.3) is 10.8 Å². The molecule has 0 saturated heterocycles. The molecular weight excluding hydrogens is 777 g/mol. The highest BCUT2D eigenvalue weighted by molar-refractivity contribution is 5.96. The van der Waals surface area contributed by atoms with Crippen LogP contribution in [0.1, 0.15) is 77.6 Å². The standard InChI is InChI=1S/C49H50N2O10/c1-3-46(52)58-32-13-7-5-11-30-56-40-24-20-37(21-25-40)48(54)60-42-28-29-45(39(34-42)35-50-51-44-19-15-17-36-16-9-10-18-43(36)44)61-49(55)38-22-26-41(27-23-38)57-31-12-6-8-14-33-59-47(53)4-2/h3-4,9-10,15-29,34-35,51H,1-2,5-8,11-14,30-33H2/b50-35+. The van der Waals surface area contributed by atoms with Crippen LogP contribution < -0.4 is 24.4 Å². The van der Waals surface area contributed by atoms with Gasteiger partial charge in [-0.2, -0.15) is 5.10 Å². The molecule has 0 saturated carbocycles. The SMILES string of the molecule is C=CC(=O)OCCCCCCOc1ccc(C(=O)Oc2ccc(OC(=O)c3ccc(OCCCCCCOC(=O)C=C)cc3)c(/C=N/Nc3cccc4ccccc34)c2)cc1. The van der Waals surface area contributed by atoms with Crippen molar-refractivity contribution in [3.05, 3.63) is 151 Å². The van der Waals surface area contributed by atoms with E-state index < -0.39 is 23.9 Å². The van der Waals surface area contributed by atoms with Gasteiger partial charge in [-0.25, -0.2) is 19.2 Å². The molecular formula is C49H50N2O10. The van der Waals surface area contributed by atoms with Gasteiger partial charge in [-0.1, -0.05) is 49.6 Å². The molecule has 0 heterocycles. The Balaban J connectivity index is 1.17. The van der Waals surface area contributed by atoms with Crippen LogP contribution in [0.2, 0.25) is 0 Å². The van der Waals surface area contributed by atoms with Crippen molar-refractivity contribution in [3.63, 3.8) is 0 Å². The number of ether oxygens (including phenoxy) is 6. The predicted molar refractivity (Wildman–Crippen MR) is 235 cm³/mol.